The third-order valence-corrected chi connectivity index (χ3v) is 11.5. The van der Waals surface area contributed by atoms with E-state index >= 15 is 0 Å². The number of cyclic esters (lactones) is 1. The fourth-order valence-corrected chi connectivity index (χ4v) is 9.35. The molecule has 33 heavy (non-hydrogen) atoms. The molecular weight excluding hydrogens is 420 g/mol. The maximum atomic E-state index is 14.0. The van der Waals surface area contributed by atoms with E-state index in [2.05, 4.69) is 13.8 Å². The molecule has 0 aromatic heterocycles. The van der Waals surface area contributed by atoms with Crippen LogP contribution in [0, 0.1) is 33.5 Å². The summed E-state index contributed by atoms with van der Waals surface area (Å²) in [7, 11) is 0. The summed E-state index contributed by atoms with van der Waals surface area (Å²) < 4.78 is 5.82. The number of ketones is 1. The smallest absolute Gasteiger partial charge is 0.306 e. The van der Waals surface area contributed by atoms with Crippen LogP contribution in [0.5, 0.6) is 0 Å². The van der Waals surface area contributed by atoms with Crippen molar-refractivity contribution in [3.63, 3.8) is 0 Å². The lowest BCUT2D eigenvalue weighted by Crippen LogP contribution is -2.61. The van der Waals surface area contributed by atoms with Crippen LogP contribution in [0.2, 0.25) is 0 Å². The van der Waals surface area contributed by atoms with Crippen LogP contribution in [0.25, 0.3) is 0 Å². The Morgan fingerprint density at radius 2 is 1.55 bits per heavy atom. The summed E-state index contributed by atoms with van der Waals surface area (Å²) in [5, 5.41) is 34.0. The van der Waals surface area contributed by atoms with Crippen molar-refractivity contribution in [1.82, 2.24) is 0 Å². The maximum Gasteiger partial charge on any atom is 0.306 e. The van der Waals surface area contributed by atoms with Gasteiger partial charge < -0.3 is 20.1 Å². The lowest BCUT2D eigenvalue weighted by molar-refractivity contribution is -0.159. The molecule has 9 atom stereocenters. The van der Waals surface area contributed by atoms with Crippen LogP contribution in [0.4, 0.5) is 0 Å². The second-order valence-electron chi connectivity index (χ2n) is 13.2. The molecule has 0 aromatic carbocycles. The molecule has 184 valence electrons. The summed E-state index contributed by atoms with van der Waals surface area (Å²) in [4.78, 5) is 26.1. The zero-order valence-electron chi connectivity index (χ0n) is 20.9. The van der Waals surface area contributed by atoms with Gasteiger partial charge in [-0.2, -0.15) is 0 Å². The predicted octanol–water partition coefficient (Wildman–Crippen LogP) is 3.31. The summed E-state index contributed by atoms with van der Waals surface area (Å²) in [5.74, 6) is -0.364. The Bertz CT molecular complexity index is 952. The first kappa shape index (κ1) is 23.5. The van der Waals surface area contributed by atoms with Gasteiger partial charge in [-0.05, 0) is 66.8 Å². The highest BCUT2D eigenvalue weighted by molar-refractivity contribution is 6.00. The molecule has 0 aromatic rings. The summed E-state index contributed by atoms with van der Waals surface area (Å²) in [5.41, 5.74) is -1.57. The first-order chi connectivity index (χ1) is 15.1. The number of hydrogen-bond donors (Lipinski definition) is 3. The number of carbonyl (C=O) groups excluding carboxylic acids is 2. The number of esters is 1. The molecule has 2 saturated carbocycles. The lowest BCUT2D eigenvalue weighted by atomic mass is 9.42. The van der Waals surface area contributed by atoms with Crippen LogP contribution >= 0.6 is 0 Å². The summed E-state index contributed by atoms with van der Waals surface area (Å²) >= 11 is 0. The number of aliphatic hydroxyl groups is 3. The van der Waals surface area contributed by atoms with E-state index in [0.29, 0.717) is 44.1 Å². The Kier molecular flexibility index (Phi) is 4.77. The zero-order chi connectivity index (χ0) is 24.4. The Morgan fingerprint density at radius 1 is 0.879 bits per heavy atom. The predicted molar refractivity (Wildman–Crippen MR) is 122 cm³/mol. The number of allylic oxidation sites excluding steroid dienone is 1. The van der Waals surface area contributed by atoms with Gasteiger partial charge >= 0.3 is 5.97 Å². The van der Waals surface area contributed by atoms with Crippen LogP contribution in [0.1, 0.15) is 86.5 Å². The number of ether oxygens (including phenoxy) is 1. The van der Waals surface area contributed by atoms with Crippen molar-refractivity contribution in [2.45, 2.75) is 110 Å². The van der Waals surface area contributed by atoms with Crippen LogP contribution in [0.3, 0.4) is 0 Å². The van der Waals surface area contributed by atoms with Gasteiger partial charge in [-0.15, -0.1) is 0 Å². The van der Waals surface area contributed by atoms with E-state index in [9.17, 15) is 24.9 Å². The fourth-order valence-electron chi connectivity index (χ4n) is 9.35. The van der Waals surface area contributed by atoms with Crippen LogP contribution in [-0.2, 0) is 14.3 Å². The van der Waals surface area contributed by atoms with Crippen molar-refractivity contribution in [3.8, 4) is 0 Å². The Labute approximate surface area is 196 Å². The third kappa shape index (κ3) is 2.66. The molecule has 5 aliphatic rings. The van der Waals surface area contributed by atoms with Gasteiger partial charge in [0.1, 0.15) is 5.60 Å². The molecule has 0 amide bonds. The average molecular weight is 461 g/mol. The number of hydrogen-bond acceptors (Lipinski definition) is 6. The highest BCUT2D eigenvalue weighted by Gasteiger charge is 2.72. The van der Waals surface area contributed by atoms with Crippen molar-refractivity contribution in [3.05, 3.63) is 11.1 Å². The standard InChI is InChI=1S/C27H40O6/c1-23(2)16-11-14(28)22-21(24(16,3)9-7-18(23)30)15(29)13-25(4)17(12-19(31)27(22,25)6)26(5)10-8-20(32)33-26/h14,16-19,28,30-31H,7-13H2,1-6H3/t14-,16-,17-,18-,19+,24-,25+,26+,27-/m0/s1. The molecule has 4 aliphatic carbocycles. The summed E-state index contributed by atoms with van der Waals surface area (Å²) in [6.45, 7) is 12.3. The van der Waals surface area contributed by atoms with Gasteiger partial charge in [0.25, 0.3) is 0 Å². The molecule has 1 saturated heterocycles. The van der Waals surface area contributed by atoms with E-state index in [1.165, 1.54) is 0 Å². The van der Waals surface area contributed by atoms with Gasteiger partial charge in [-0.3, -0.25) is 9.59 Å². The highest BCUT2D eigenvalue weighted by atomic mass is 16.6. The normalized spacial score (nSPS) is 53.4. The van der Waals surface area contributed by atoms with E-state index in [4.69, 9.17) is 4.74 Å². The van der Waals surface area contributed by atoms with Gasteiger partial charge in [0.2, 0.25) is 0 Å². The quantitative estimate of drug-likeness (QED) is 0.519. The second-order valence-corrected chi connectivity index (χ2v) is 13.2. The minimum atomic E-state index is -0.844. The van der Waals surface area contributed by atoms with Gasteiger partial charge in [0.05, 0.1) is 18.3 Å². The lowest BCUT2D eigenvalue weighted by Gasteiger charge is -2.62. The number of Topliss-reactive ketones (excluding diaryl/α,β-unsaturated/α-hetero) is 1. The molecule has 1 heterocycles. The zero-order valence-corrected chi connectivity index (χ0v) is 20.9. The average Bonchev–Trinajstić information content (AvgIpc) is 3.16. The molecule has 0 unspecified atom stereocenters. The number of aliphatic hydroxyl groups excluding tert-OH is 3. The number of carbonyl (C=O) groups is 2. The molecule has 0 bridgehead atoms. The van der Waals surface area contributed by atoms with E-state index in [0.717, 1.165) is 5.57 Å². The van der Waals surface area contributed by atoms with Gasteiger partial charge in [-0.25, -0.2) is 0 Å². The fraction of sp³-hybridized carbons (Fsp3) is 0.852. The molecule has 5 rings (SSSR count). The number of fused-ring (bicyclic) bond motifs is 4. The maximum absolute atomic E-state index is 14.0. The first-order valence-electron chi connectivity index (χ1n) is 12.7. The number of rotatable bonds is 1. The summed E-state index contributed by atoms with van der Waals surface area (Å²) in [6.07, 6.45) is 1.40. The Hall–Kier alpha value is -1.24. The van der Waals surface area contributed by atoms with E-state index in [1.54, 1.807) is 0 Å². The summed E-state index contributed by atoms with van der Waals surface area (Å²) in [6, 6.07) is 0. The monoisotopic (exact) mass is 460 g/mol. The van der Waals surface area contributed by atoms with Crippen molar-refractivity contribution in [2.75, 3.05) is 0 Å². The van der Waals surface area contributed by atoms with Crippen LogP contribution in [-0.4, -0.2) is 51.0 Å². The topological polar surface area (TPSA) is 104 Å². The van der Waals surface area contributed by atoms with Gasteiger partial charge in [0.15, 0.2) is 5.78 Å². The first-order valence-corrected chi connectivity index (χ1v) is 12.7. The van der Waals surface area contributed by atoms with Crippen molar-refractivity contribution in [1.29, 1.82) is 0 Å². The van der Waals surface area contributed by atoms with Gasteiger partial charge in [0, 0.05) is 29.7 Å². The van der Waals surface area contributed by atoms with Crippen molar-refractivity contribution >= 4 is 11.8 Å². The molecule has 3 N–H and O–H groups in total. The molecule has 6 nitrogen and oxygen atoms in total. The Morgan fingerprint density at radius 3 is 2.15 bits per heavy atom. The minimum Gasteiger partial charge on any atom is -0.459 e. The SMILES string of the molecule is CC1(C)[C@@H](O)CC[C@]2(C)C3=C([C@@H](O)C[C@@H]12)[C@]1(C)[C@H](O)C[C@H]([C@@]2(C)CCC(=O)O2)[C@@]1(C)CC3=O. The van der Waals surface area contributed by atoms with Crippen LogP contribution in [0.15, 0.2) is 11.1 Å². The second kappa shape index (κ2) is 6.70. The van der Waals surface area contributed by atoms with Crippen LogP contribution < -0.4 is 0 Å². The molecule has 6 heteroatoms. The molecule has 3 fully saturated rings. The van der Waals surface area contributed by atoms with E-state index < -0.39 is 45.6 Å². The Balaban J connectivity index is 1.68. The highest BCUT2D eigenvalue weighted by Crippen LogP contribution is 2.72. The molecule has 1 aliphatic heterocycles. The van der Waals surface area contributed by atoms with Crippen molar-refractivity contribution < 1.29 is 29.6 Å². The van der Waals surface area contributed by atoms with E-state index in [1.807, 2.05) is 27.7 Å². The molecule has 0 radical (unpaired) electrons. The third-order valence-electron chi connectivity index (χ3n) is 11.5. The van der Waals surface area contributed by atoms with Gasteiger partial charge in [-0.1, -0.05) is 34.6 Å². The minimum absolute atomic E-state index is 0.0259. The molecular formula is C27H40O6. The van der Waals surface area contributed by atoms with Crippen molar-refractivity contribution in [2.24, 2.45) is 33.5 Å². The van der Waals surface area contributed by atoms with E-state index in [-0.39, 0.29) is 30.0 Å². The molecule has 0 spiro atoms. The largest absolute Gasteiger partial charge is 0.459 e.